The maximum atomic E-state index is 12.3. The van der Waals surface area contributed by atoms with Gasteiger partial charge in [-0.15, -0.1) is 0 Å². The van der Waals surface area contributed by atoms with Crippen LogP contribution in [0.5, 0.6) is 0 Å². The number of rotatable bonds is 4. The van der Waals surface area contributed by atoms with Gasteiger partial charge >= 0.3 is 0 Å². The average Bonchev–Trinajstić information content (AvgIpc) is 3.29. The maximum Gasteiger partial charge on any atom is 0.267 e. The molecule has 0 N–H and O–H groups in total. The highest BCUT2D eigenvalue weighted by Gasteiger charge is 2.48. The Bertz CT molecular complexity index is 890. The van der Waals surface area contributed by atoms with Crippen LogP contribution in [0.4, 0.5) is 0 Å². The Kier molecular flexibility index (Phi) is 3.56. The van der Waals surface area contributed by atoms with Gasteiger partial charge in [-0.2, -0.15) is 0 Å². The molecule has 0 saturated carbocycles. The zero-order valence-corrected chi connectivity index (χ0v) is 13.2. The summed E-state index contributed by atoms with van der Waals surface area (Å²) in [5.74, 6) is 0. The van der Waals surface area contributed by atoms with Crippen LogP contribution in [0.2, 0.25) is 0 Å². The lowest BCUT2D eigenvalue weighted by molar-refractivity contribution is 0.283. The van der Waals surface area contributed by atoms with Crippen molar-refractivity contribution in [2.75, 3.05) is 6.26 Å². The fourth-order valence-corrected chi connectivity index (χ4v) is 3.92. The van der Waals surface area contributed by atoms with Crippen molar-refractivity contribution in [3.05, 3.63) is 60.2 Å². The molecule has 3 rings (SSSR count). The first-order valence-electron chi connectivity index (χ1n) is 6.36. The minimum Gasteiger partial charge on any atom is -0.253 e. The predicted octanol–water partition coefficient (Wildman–Crippen LogP) is 1.72. The van der Waals surface area contributed by atoms with E-state index in [9.17, 15) is 16.8 Å². The van der Waals surface area contributed by atoms with Crippen LogP contribution >= 0.6 is 0 Å². The lowest BCUT2D eigenvalue weighted by Crippen LogP contribution is -2.12. The fraction of sp³-hybridized carbons (Fsp3) is 0.143. The van der Waals surface area contributed by atoms with E-state index in [2.05, 4.69) is 0 Å². The summed E-state index contributed by atoms with van der Waals surface area (Å²) in [5, 5.41) is 0. The Morgan fingerprint density at radius 1 is 0.864 bits per heavy atom. The van der Waals surface area contributed by atoms with Crippen LogP contribution in [-0.4, -0.2) is 27.6 Å². The molecule has 1 aliphatic heterocycles. The molecule has 0 aliphatic carbocycles. The van der Waals surface area contributed by atoms with Gasteiger partial charge in [0.1, 0.15) is 0 Å². The highest BCUT2D eigenvalue weighted by molar-refractivity contribution is 7.90. The van der Waals surface area contributed by atoms with E-state index >= 15 is 0 Å². The number of hydroxylamine groups is 1. The first-order valence-corrected chi connectivity index (χ1v) is 9.69. The molecule has 2 aromatic carbocycles. The smallest absolute Gasteiger partial charge is 0.253 e. The summed E-state index contributed by atoms with van der Waals surface area (Å²) in [7, 11) is -6.99. The second-order valence-electron chi connectivity index (χ2n) is 4.87. The van der Waals surface area contributed by atoms with E-state index in [-0.39, 0.29) is 9.79 Å². The van der Waals surface area contributed by atoms with Gasteiger partial charge in [0.25, 0.3) is 10.0 Å². The molecule has 2 aromatic rings. The average molecular weight is 339 g/mol. The van der Waals surface area contributed by atoms with E-state index in [0.717, 1.165) is 10.7 Å². The van der Waals surface area contributed by atoms with E-state index < -0.39 is 26.1 Å². The largest absolute Gasteiger partial charge is 0.267 e. The molecule has 0 radical (unpaired) electrons. The highest BCUT2D eigenvalue weighted by Crippen LogP contribution is 2.42. The summed E-state index contributed by atoms with van der Waals surface area (Å²) in [4.78, 5) is 5.46. The third kappa shape index (κ3) is 2.78. The van der Waals surface area contributed by atoms with Crippen molar-refractivity contribution in [3.63, 3.8) is 0 Å². The quantitative estimate of drug-likeness (QED) is 0.792. The van der Waals surface area contributed by atoms with Crippen LogP contribution < -0.4 is 0 Å². The Morgan fingerprint density at radius 3 is 2.00 bits per heavy atom. The molecule has 8 heteroatoms. The zero-order valence-electron chi connectivity index (χ0n) is 11.6. The molecule has 2 atom stereocenters. The molecule has 1 aliphatic rings. The third-order valence-corrected chi connectivity index (χ3v) is 5.97. The van der Waals surface area contributed by atoms with Crippen LogP contribution in [0.1, 0.15) is 11.8 Å². The first-order chi connectivity index (χ1) is 10.3. The lowest BCUT2D eigenvalue weighted by Gasteiger charge is -2.02. The molecule has 0 amide bonds. The fourth-order valence-electron chi connectivity index (χ4n) is 2.01. The van der Waals surface area contributed by atoms with Gasteiger partial charge in [-0.3, -0.25) is 4.84 Å². The van der Waals surface area contributed by atoms with E-state index in [1.165, 1.54) is 24.3 Å². The van der Waals surface area contributed by atoms with E-state index in [4.69, 9.17) is 4.84 Å². The molecule has 6 nitrogen and oxygen atoms in total. The predicted molar refractivity (Wildman–Crippen MR) is 78.8 cm³/mol. The van der Waals surface area contributed by atoms with Gasteiger partial charge in [0, 0.05) is 11.8 Å². The van der Waals surface area contributed by atoms with Gasteiger partial charge in [-0.1, -0.05) is 30.3 Å². The minimum absolute atomic E-state index is 0.144. The molecule has 0 bridgehead atoms. The van der Waals surface area contributed by atoms with Gasteiger partial charge in [0.15, 0.2) is 16.1 Å². The number of sulfone groups is 1. The normalized spacial score (nSPS) is 21.5. The van der Waals surface area contributed by atoms with Crippen LogP contribution in [-0.2, 0) is 24.7 Å². The van der Waals surface area contributed by atoms with Crippen LogP contribution in [0, 0.1) is 0 Å². The number of hydrogen-bond acceptors (Lipinski definition) is 5. The Labute approximate surface area is 128 Å². The molecule has 0 spiro atoms. The molecular weight excluding hydrogens is 326 g/mol. The lowest BCUT2D eigenvalue weighted by atomic mass is 10.2. The third-order valence-electron chi connectivity index (χ3n) is 3.22. The topological polar surface area (TPSA) is 83.8 Å². The summed E-state index contributed by atoms with van der Waals surface area (Å²) in [6.45, 7) is 0. The first kappa shape index (κ1) is 15.2. The van der Waals surface area contributed by atoms with Crippen molar-refractivity contribution in [1.29, 1.82) is 0 Å². The Morgan fingerprint density at radius 2 is 1.45 bits per heavy atom. The van der Waals surface area contributed by atoms with E-state index in [0.29, 0.717) is 5.56 Å². The standard InChI is InChI=1S/C14H13NO5S2/c1-21(16,17)12-9-7-11(8-10-12)14-15(20-14)22(18,19)13-5-3-2-4-6-13/h2-10,14H,1H3. The van der Waals surface area contributed by atoms with Crippen molar-refractivity contribution in [2.45, 2.75) is 16.0 Å². The van der Waals surface area contributed by atoms with Gasteiger partial charge in [0.05, 0.1) is 9.79 Å². The second kappa shape index (κ2) is 5.17. The summed E-state index contributed by atoms with van der Waals surface area (Å²) in [6, 6.07) is 13.9. The van der Waals surface area contributed by atoms with Gasteiger partial charge < -0.3 is 0 Å². The number of hydrogen-bond donors (Lipinski definition) is 0. The molecule has 116 valence electrons. The molecule has 22 heavy (non-hydrogen) atoms. The van der Waals surface area contributed by atoms with Crippen molar-refractivity contribution < 1.29 is 21.7 Å². The van der Waals surface area contributed by atoms with Crippen molar-refractivity contribution in [1.82, 2.24) is 4.47 Å². The molecule has 0 aromatic heterocycles. The summed E-state index contributed by atoms with van der Waals surface area (Å²) < 4.78 is 48.3. The summed E-state index contributed by atoms with van der Waals surface area (Å²) >= 11 is 0. The van der Waals surface area contributed by atoms with Crippen molar-refractivity contribution in [2.24, 2.45) is 0 Å². The van der Waals surface area contributed by atoms with Crippen LogP contribution in [0.3, 0.4) is 0 Å². The maximum absolute atomic E-state index is 12.3. The number of nitrogens with zero attached hydrogens (tertiary/aromatic N) is 1. The molecular formula is C14H13NO5S2. The molecule has 1 saturated heterocycles. The summed E-state index contributed by atoms with van der Waals surface area (Å²) in [6.07, 6.45) is 0.390. The van der Waals surface area contributed by atoms with E-state index in [1.807, 2.05) is 0 Å². The van der Waals surface area contributed by atoms with Crippen molar-refractivity contribution in [3.8, 4) is 0 Å². The van der Waals surface area contributed by atoms with Gasteiger partial charge in [0.2, 0.25) is 0 Å². The van der Waals surface area contributed by atoms with Gasteiger partial charge in [-0.05, 0) is 28.7 Å². The Hall–Kier alpha value is -1.74. The molecule has 1 fully saturated rings. The second-order valence-corrected chi connectivity index (χ2v) is 8.67. The molecule has 1 heterocycles. The van der Waals surface area contributed by atoms with Gasteiger partial charge in [-0.25, -0.2) is 16.8 Å². The number of benzene rings is 2. The van der Waals surface area contributed by atoms with Crippen LogP contribution in [0.25, 0.3) is 0 Å². The molecule has 2 unspecified atom stereocenters. The SMILES string of the molecule is CS(=O)(=O)c1ccc(C2ON2S(=O)(=O)c2ccccc2)cc1. The highest BCUT2D eigenvalue weighted by atomic mass is 32.2. The monoisotopic (exact) mass is 339 g/mol. The summed E-state index contributed by atoms with van der Waals surface area (Å²) in [5.41, 5.74) is 0.576. The zero-order chi connectivity index (χ0) is 16.0. The number of sulfonamides is 1. The van der Waals surface area contributed by atoms with E-state index in [1.54, 1.807) is 30.3 Å². The van der Waals surface area contributed by atoms with Crippen LogP contribution in [0.15, 0.2) is 64.4 Å². The minimum atomic E-state index is -3.71. The van der Waals surface area contributed by atoms with Crippen molar-refractivity contribution >= 4 is 19.9 Å². The Balaban J connectivity index is 1.83.